The molecule has 7 nitrogen and oxygen atoms in total. The Labute approximate surface area is 154 Å². The van der Waals surface area contributed by atoms with E-state index >= 15 is 0 Å². The number of hydrogen-bond acceptors (Lipinski definition) is 6. The monoisotopic (exact) mass is 405 g/mol. The number of nitrogens with zero attached hydrogens (tertiary/aromatic N) is 3. The van der Waals surface area contributed by atoms with Gasteiger partial charge < -0.3 is 9.15 Å². The highest BCUT2D eigenvalue weighted by Gasteiger charge is 2.40. The van der Waals surface area contributed by atoms with Crippen molar-refractivity contribution in [3.63, 3.8) is 0 Å². The van der Waals surface area contributed by atoms with Crippen molar-refractivity contribution in [2.75, 3.05) is 19.7 Å². The number of aromatic nitrogens is 2. The van der Waals surface area contributed by atoms with Crippen LogP contribution in [0.5, 0.6) is 5.75 Å². The summed E-state index contributed by atoms with van der Waals surface area (Å²) in [5.74, 6) is -2.00. The van der Waals surface area contributed by atoms with E-state index in [1.807, 2.05) is 0 Å². The Bertz CT molecular complexity index is 898. The highest BCUT2D eigenvalue weighted by Crippen LogP contribution is 2.34. The van der Waals surface area contributed by atoms with Crippen molar-refractivity contribution in [2.45, 2.75) is 36.8 Å². The topological polar surface area (TPSA) is 85.5 Å². The quantitative estimate of drug-likeness (QED) is 0.760. The van der Waals surface area contributed by atoms with Gasteiger partial charge in [0.25, 0.3) is 0 Å². The Morgan fingerprint density at radius 3 is 2.70 bits per heavy atom. The Balaban J connectivity index is 1.84. The van der Waals surface area contributed by atoms with E-state index in [0.29, 0.717) is 19.4 Å². The van der Waals surface area contributed by atoms with Gasteiger partial charge in [0.05, 0.1) is 12.5 Å². The van der Waals surface area contributed by atoms with Crippen LogP contribution in [0.4, 0.5) is 13.2 Å². The molecule has 3 rings (SSSR count). The molecule has 0 saturated carbocycles. The Morgan fingerprint density at radius 1 is 1.30 bits per heavy atom. The van der Waals surface area contributed by atoms with Crippen LogP contribution in [0.25, 0.3) is 0 Å². The van der Waals surface area contributed by atoms with Crippen molar-refractivity contribution in [3.8, 4) is 5.75 Å². The molecule has 1 aliphatic heterocycles. The van der Waals surface area contributed by atoms with Crippen LogP contribution in [-0.2, 0) is 16.2 Å². The molecular formula is C16H18F3N3O4S. The average molecular weight is 405 g/mol. The fourth-order valence-corrected chi connectivity index (χ4v) is 4.61. The number of halogens is 3. The molecule has 1 saturated heterocycles. The summed E-state index contributed by atoms with van der Waals surface area (Å²) in [6, 6.07) is 6.26. The first-order valence-electron chi connectivity index (χ1n) is 8.36. The van der Waals surface area contributed by atoms with Gasteiger partial charge in [-0.1, -0.05) is 12.1 Å². The molecule has 0 N–H and O–H groups in total. The zero-order chi connectivity index (χ0) is 19.7. The van der Waals surface area contributed by atoms with Crippen molar-refractivity contribution in [3.05, 3.63) is 36.0 Å². The first kappa shape index (κ1) is 19.6. The van der Waals surface area contributed by atoms with Crippen LogP contribution in [-0.4, -0.2) is 42.6 Å². The maximum absolute atomic E-state index is 13.0. The fourth-order valence-electron chi connectivity index (χ4n) is 2.95. The van der Waals surface area contributed by atoms with Crippen LogP contribution >= 0.6 is 0 Å². The molecule has 1 aromatic heterocycles. The molecule has 27 heavy (non-hydrogen) atoms. The Morgan fingerprint density at radius 2 is 2.04 bits per heavy atom. The second kappa shape index (κ2) is 7.47. The summed E-state index contributed by atoms with van der Waals surface area (Å²) in [6.07, 6.45) is -3.81. The molecule has 1 aliphatic rings. The van der Waals surface area contributed by atoms with Crippen molar-refractivity contribution in [1.82, 2.24) is 14.5 Å². The number of ether oxygens (including phenoxy) is 1. The molecule has 0 amide bonds. The molecule has 0 spiro atoms. The molecule has 11 heteroatoms. The van der Waals surface area contributed by atoms with Gasteiger partial charge in [0.2, 0.25) is 15.9 Å². The van der Waals surface area contributed by atoms with Gasteiger partial charge in [0, 0.05) is 13.1 Å². The lowest BCUT2D eigenvalue weighted by Crippen LogP contribution is -2.39. The Hall–Kier alpha value is -2.14. The molecule has 1 unspecified atom stereocenters. The number of piperidine rings is 1. The van der Waals surface area contributed by atoms with E-state index in [1.54, 1.807) is 25.1 Å². The van der Waals surface area contributed by atoms with E-state index in [0.717, 1.165) is 0 Å². The molecule has 1 atom stereocenters. The molecular weight excluding hydrogens is 387 g/mol. The Kier molecular flexibility index (Phi) is 5.43. The summed E-state index contributed by atoms with van der Waals surface area (Å²) >= 11 is 0. The third-order valence-corrected chi connectivity index (χ3v) is 6.09. The van der Waals surface area contributed by atoms with Crippen LogP contribution < -0.4 is 4.74 Å². The van der Waals surface area contributed by atoms with Gasteiger partial charge in [-0.05, 0) is 31.9 Å². The van der Waals surface area contributed by atoms with E-state index in [9.17, 15) is 21.6 Å². The zero-order valence-corrected chi connectivity index (χ0v) is 15.3. The minimum absolute atomic E-state index is 0.0222. The summed E-state index contributed by atoms with van der Waals surface area (Å²) in [5.41, 5.74) is 0. The first-order valence-corrected chi connectivity index (χ1v) is 9.80. The second-order valence-electron chi connectivity index (χ2n) is 6.03. The third-order valence-electron chi connectivity index (χ3n) is 4.18. The van der Waals surface area contributed by atoms with E-state index in [4.69, 9.17) is 9.15 Å². The van der Waals surface area contributed by atoms with Crippen LogP contribution in [0, 0.1) is 0 Å². The summed E-state index contributed by atoms with van der Waals surface area (Å²) in [5, 5.41) is 6.48. The van der Waals surface area contributed by atoms with Crippen LogP contribution in [0.2, 0.25) is 0 Å². The summed E-state index contributed by atoms with van der Waals surface area (Å²) < 4.78 is 75.4. The molecule has 0 aliphatic carbocycles. The highest BCUT2D eigenvalue weighted by molar-refractivity contribution is 7.89. The average Bonchev–Trinajstić information content (AvgIpc) is 3.13. The number of sulfonamides is 1. The SMILES string of the molecule is CCOc1ccccc1S(=O)(=O)N1CCCC(c2nnc(C(F)(F)F)o2)C1. The lowest BCUT2D eigenvalue weighted by atomic mass is 10.00. The normalized spacial score (nSPS) is 19.2. The molecule has 0 radical (unpaired) electrons. The summed E-state index contributed by atoms with van der Waals surface area (Å²) in [4.78, 5) is 0.0222. The van der Waals surface area contributed by atoms with Gasteiger partial charge in [-0.3, -0.25) is 0 Å². The minimum atomic E-state index is -4.73. The van der Waals surface area contributed by atoms with Gasteiger partial charge >= 0.3 is 12.1 Å². The van der Waals surface area contributed by atoms with Crippen LogP contribution in [0.1, 0.15) is 37.5 Å². The highest BCUT2D eigenvalue weighted by atomic mass is 32.2. The van der Waals surface area contributed by atoms with Gasteiger partial charge in [-0.25, -0.2) is 8.42 Å². The molecule has 1 fully saturated rings. The van der Waals surface area contributed by atoms with Gasteiger partial charge in [0.1, 0.15) is 10.6 Å². The summed E-state index contributed by atoms with van der Waals surface area (Å²) in [7, 11) is -3.88. The lowest BCUT2D eigenvalue weighted by molar-refractivity contribution is -0.157. The minimum Gasteiger partial charge on any atom is -0.492 e. The predicted octanol–water partition coefficient (Wildman–Crippen LogP) is 3.06. The first-order chi connectivity index (χ1) is 12.7. The molecule has 2 heterocycles. The van der Waals surface area contributed by atoms with Crippen LogP contribution in [0.15, 0.2) is 33.6 Å². The van der Waals surface area contributed by atoms with E-state index in [1.165, 1.54) is 10.4 Å². The van der Waals surface area contributed by atoms with Gasteiger partial charge in [-0.15, -0.1) is 10.2 Å². The van der Waals surface area contributed by atoms with Crippen molar-refractivity contribution in [1.29, 1.82) is 0 Å². The molecule has 0 bridgehead atoms. The molecule has 1 aromatic carbocycles. The largest absolute Gasteiger partial charge is 0.492 e. The second-order valence-corrected chi connectivity index (χ2v) is 7.93. The standard InChI is InChI=1S/C16H18F3N3O4S/c1-2-25-12-7-3-4-8-13(12)27(23,24)22-9-5-6-11(10-22)14-20-21-15(26-14)16(17,18)19/h3-4,7-8,11H,2,5-6,9-10H2,1H3. The zero-order valence-electron chi connectivity index (χ0n) is 14.4. The van der Waals surface area contributed by atoms with Gasteiger partial charge in [0.15, 0.2) is 0 Å². The number of para-hydroxylation sites is 1. The molecule has 148 valence electrons. The smallest absolute Gasteiger partial charge is 0.470 e. The van der Waals surface area contributed by atoms with E-state index in [2.05, 4.69) is 10.2 Å². The van der Waals surface area contributed by atoms with Gasteiger partial charge in [-0.2, -0.15) is 17.5 Å². The molecule has 2 aromatic rings. The van der Waals surface area contributed by atoms with E-state index in [-0.39, 0.29) is 29.6 Å². The predicted molar refractivity (Wildman–Crippen MR) is 87.6 cm³/mol. The number of hydrogen-bond donors (Lipinski definition) is 0. The number of benzene rings is 1. The van der Waals surface area contributed by atoms with Crippen molar-refractivity contribution in [2.24, 2.45) is 0 Å². The van der Waals surface area contributed by atoms with Crippen LogP contribution in [0.3, 0.4) is 0 Å². The fraction of sp³-hybridized carbons (Fsp3) is 0.500. The third kappa shape index (κ3) is 4.08. The maximum atomic E-state index is 13.0. The summed E-state index contributed by atoms with van der Waals surface area (Å²) in [6.45, 7) is 2.26. The van der Waals surface area contributed by atoms with Crippen molar-refractivity contribution < 1.29 is 30.7 Å². The number of alkyl halides is 3. The van der Waals surface area contributed by atoms with Crippen molar-refractivity contribution >= 4 is 10.0 Å². The number of rotatable bonds is 5. The maximum Gasteiger partial charge on any atom is 0.470 e. The lowest BCUT2D eigenvalue weighted by Gasteiger charge is -2.30. The van der Waals surface area contributed by atoms with E-state index < -0.39 is 28.0 Å².